The number of nitrogens with one attached hydrogen (secondary N) is 2. The van der Waals surface area contributed by atoms with Crippen molar-refractivity contribution in [2.24, 2.45) is 0 Å². The van der Waals surface area contributed by atoms with Gasteiger partial charge in [-0.05, 0) is 58.7 Å². The maximum atomic E-state index is 6.15. The maximum Gasteiger partial charge on any atom is 0.229 e. The van der Waals surface area contributed by atoms with Crippen molar-refractivity contribution in [2.45, 2.75) is 6.92 Å². The van der Waals surface area contributed by atoms with Gasteiger partial charge in [0.15, 0.2) is 0 Å². The van der Waals surface area contributed by atoms with Gasteiger partial charge in [0.05, 0.1) is 5.69 Å². The highest BCUT2D eigenvalue weighted by Gasteiger charge is 2.04. The zero-order valence-corrected chi connectivity index (χ0v) is 14.7. The minimum Gasteiger partial charge on any atom is -0.340 e. The molecule has 0 spiro atoms. The van der Waals surface area contributed by atoms with Gasteiger partial charge in [0.25, 0.3) is 0 Å². The zero-order chi connectivity index (χ0) is 16.2. The number of benzene rings is 2. The summed E-state index contributed by atoms with van der Waals surface area (Å²) in [6, 6.07) is 15.4. The number of hydrogen-bond acceptors (Lipinski definition) is 4. The number of nitrogens with zero attached hydrogens (tertiary/aromatic N) is 2. The molecule has 3 rings (SSSR count). The van der Waals surface area contributed by atoms with Crippen LogP contribution in [-0.4, -0.2) is 9.97 Å². The van der Waals surface area contributed by atoms with Crippen LogP contribution in [0.3, 0.4) is 0 Å². The topological polar surface area (TPSA) is 49.8 Å². The summed E-state index contributed by atoms with van der Waals surface area (Å²) in [5.74, 6) is 1.20. The second kappa shape index (κ2) is 6.98. The molecule has 0 saturated carbocycles. The zero-order valence-electron chi connectivity index (χ0n) is 12.3. The monoisotopic (exact) mass is 388 g/mol. The Bertz CT molecular complexity index is 838. The van der Waals surface area contributed by atoms with Crippen molar-refractivity contribution in [3.8, 4) is 0 Å². The molecule has 0 aliphatic carbocycles. The first-order valence-electron chi connectivity index (χ1n) is 6.99. The SMILES string of the molecule is Cc1ccc(Nc2ccnc(Nc3ccccc3Br)n2)cc1Cl. The molecule has 0 bridgehead atoms. The van der Waals surface area contributed by atoms with Crippen LogP contribution in [0, 0.1) is 6.92 Å². The summed E-state index contributed by atoms with van der Waals surface area (Å²) < 4.78 is 0.951. The van der Waals surface area contributed by atoms with Crippen LogP contribution in [0.25, 0.3) is 0 Å². The first kappa shape index (κ1) is 15.8. The van der Waals surface area contributed by atoms with Crippen molar-refractivity contribution in [2.75, 3.05) is 10.6 Å². The number of aromatic nitrogens is 2. The molecule has 2 aromatic carbocycles. The molecule has 0 atom stereocenters. The van der Waals surface area contributed by atoms with E-state index >= 15 is 0 Å². The van der Waals surface area contributed by atoms with Gasteiger partial charge in [0, 0.05) is 21.4 Å². The molecular weight excluding hydrogens is 376 g/mol. The Labute approximate surface area is 148 Å². The van der Waals surface area contributed by atoms with E-state index in [-0.39, 0.29) is 0 Å². The van der Waals surface area contributed by atoms with E-state index in [0.717, 1.165) is 26.4 Å². The summed E-state index contributed by atoms with van der Waals surface area (Å²) >= 11 is 9.64. The third-order valence-corrected chi connectivity index (χ3v) is 4.32. The number of hydrogen-bond donors (Lipinski definition) is 2. The Morgan fingerprint density at radius 2 is 1.87 bits per heavy atom. The van der Waals surface area contributed by atoms with E-state index in [9.17, 15) is 0 Å². The standard InChI is InChI=1S/C17H14BrClN4/c1-11-6-7-12(10-14(11)19)21-16-8-9-20-17(23-16)22-15-5-3-2-4-13(15)18/h2-10H,1H3,(H2,20,21,22,23). The third kappa shape index (κ3) is 4.00. The molecular formula is C17H14BrClN4. The minimum atomic E-state index is 0.514. The van der Waals surface area contributed by atoms with Gasteiger partial charge in [0.1, 0.15) is 5.82 Å². The average molecular weight is 390 g/mol. The summed E-state index contributed by atoms with van der Waals surface area (Å²) in [5, 5.41) is 7.13. The van der Waals surface area contributed by atoms with Crippen molar-refractivity contribution in [3.63, 3.8) is 0 Å². The molecule has 0 amide bonds. The number of halogens is 2. The fourth-order valence-electron chi connectivity index (χ4n) is 1.99. The first-order chi connectivity index (χ1) is 11.1. The summed E-state index contributed by atoms with van der Waals surface area (Å²) in [6.07, 6.45) is 1.70. The lowest BCUT2D eigenvalue weighted by atomic mass is 10.2. The van der Waals surface area contributed by atoms with Gasteiger partial charge < -0.3 is 10.6 Å². The quantitative estimate of drug-likeness (QED) is 0.602. The van der Waals surface area contributed by atoms with E-state index in [2.05, 4.69) is 36.5 Å². The van der Waals surface area contributed by atoms with Crippen molar-refractivity contribution in [1.82, 2.24) is 9.97 Å². The molecule has 0 aliphatic rings. The number of rotatable bonds is 4. The van der Waals surface area contributed by atoms with Gasteiger partial charge in [-0.25, -0.2) is 4.98 Å². The predicted molar refractivity (Wildman–Crippen MR) is 98.9 cm³/mol. The highest BCUT2D eigenvalue weighted by Crippen LogP contribution is 2.25. The summed E-state index contributed by atoms with van der Waals surface area (Å²) in [7, 11) is 0. The normalized spacial score (nSPS) is 10.4. The van der Waals surface area contributed by atoms with Crippen molar-refractivity contribution < 1.29 is 0 Å². The Hall–Kier alpha value is -2.11. The predicted octanol–water partition coefficient (Wildman–Crippen LogP) is 5.69. The molecule has 0 aliphatic heterocycles. The van der Waals surface area contributed by atoms with E-state index in [1.54, 1.807) is 12.3 Å². The molecule has 1 heterocycles. The fraction of sp³-hybridized carbons (Fsp3) is 0.0588. The van der Waals surface area contributed by atoms with Crippen molar-refractivity contribution in [1.29, 1.82) is 0 Å². The van der Waals surface area contributed by atoms with E-state index in [0.29, 0.717) is 11.8 Å². The summed E-state index contributed by atoms with van der Waals surface area (Å²) in [5.41, 5.74) is 2.82. The number of aryl methyl sites for hydroxylation is 1. The molecule has 6 heteroatoms. The van der Waals surface area contributed by atoms with Crippen LogP contribution in [-0.2, 0) is 0 Å². The smallest absolute Gasteiger partial charge is 0.229 e. The minimum absolute atomic E-state index is 0.514. The lowest BCUT2D eigenvalue weighted by Gasteiger charge is -2.10. The summed E-state index contributed by atoms with van der Waals surface area (Å²) in [4.78, 5) is 8.70. The van der Waals surface area contributed by atoms with E-state index < -0.39 is 0 Å². The molecule has 0 unspecified atom stereocenters. The molecule has 116 valence electrons. The van der Waals surface area contributed by atoms with Gasteiger partial charge in [-0.2, -0.15) is 4.98 Å². The van der Waals surface area contributed by atoms with Crippen LogP contribution in [0.2, 0.25) is 5.02 Å². The largest absolute Gasteiger partial charge is 0.340 e. The molecule has 2 N–H and O–H groups in total. The van der Waals surface area contributed by atoms with Crippen LogP contribution >= 0.6 is 27.5 Å². The van der Waals surface area contributed by atoms with Crippen molar-refractivity contribution >= 4 is 50.7 Å². The highest BCUT2D eigenvalue weighted by atomic mass is 79.9. The first-order valence-corrected chi connectivity index (χ1v) is 8.17. The molecule has 0 radical (unpaired) electrons. The van der Waals surface area contributed by atoms with Crippen molar-refractivity contribution in [3.05, 3.63) is 69.8 Å². The molecule has 0 saturated heterocycles. The Balaban J connectivity index is 1.79. The van der Waals surface area contributed by atoms with Crippen LogP contribution in [0.1, 0.15) is 5.56 Å². The van der Waals surface area contributed by atoms with Gasteiger partial charge in [-0.3, -0.25) is 0 Å². The number of anilines is 4. The lowest BCUT2D eigenvalue weighted by molar-refractivity contribution is 1.16. The van der Waals surface area contributed by atoms with E-state index in [4.69, 9.17) is 11.6 Å². The van der Waals surface area contributed by atoms with E-state index in [1.165, 1.54) is 0 Å². The van der Waals surface area contributed by atoms with Crippen LogP contribution in [0.15, 0.2) is 59.2 Å². The fourth-order valence-corrected chi connectivity index (χ4v) is 2.55. The van der Waals surface area contributed by atoms with Gasteiger partial charge in [-0.15, -0.1) is 0 Å². The second-order valence-corrected chi connectivity index (χ2v) is 6.22. The second-order valence-electron chi connectivity index (χ2n) is 4.96. The molecule has 3 aromatic rings. The number of para-hydroxylation sites is 1. The summed E-state index contributed by atoms with van der Waals surface area (Å²) in [6.45, 7) is 1.97. The lowest BCUT2D eigenvalue weighted by Crippen LogP contribution is -2.00. The Kier molecular flexibility index (Phi) is 4.79. The van der Waals surface area contributed by atoms with Crippen LogP contribution in [0.4, 0.5) is 23.1 Å². The molecule has 1 aromatic heterocycles. The van der Waals surface area contributed by atoms with Gasteiger partial charge >= 0.3 is 0 Å². The van der Waals surface area contributed by atoms with Crippen LogP contribution in [0.5, 0.6) is 0 Å². The molecule has 0 fully saturated rings. The van der Waals surface area contributed by atoms with Crippen LogP contribution < -0.4 is 10.6 Å². The Morgan fingerprint density at radius 1 is 1.04 bits per heavy atom. The average Bonchev–Trinajstić information content (AvgIpc) is 2.54. The highest BCUT2D eigenvalue weighted by molar-refractivity contribution is 9.10. The van der Waals surface area contributed by atoms with E-state index in [1.807, 2.05) is 49.4 Å². The molecule has 23 heavy (non-hydrogen) atoms. The van der Waals surface area contributed by atoms with Gasteiger partial charge in [-0.1, -0.05) is 29.8 Å². The van der Waals surface area contributed by atoms with Gasteiger partial charge in [0.2, 0.25) is 5.95 Å². The maximum absolute atomic E-state index is 6.15. The molecule has 4 nitrogen and oxygen atoms in total. The Morgan fingerprint density at radius 3 is 2.65 bits per heavy atom. The third-order valence-electron chi connectivity index (χ3n) is 3.22.